The third-order valence-corrected chi connectivity index (χ3v) is 3.84. The number of hydrogen-bond donors (Lipinski definition) is 4. The monoisotopic (exact) mass is 324 g/mol. The van der Waals surface area contributed by atoms with Gasteiger partial charge in [0.25, 0.3) is 0 Å². The molecule has 0 spiro atoms. The highest BCUT2D eigenvalue weighted by atomic mass is 16.6. The summed E-state index contributed by atoms with van der Waals surface area (Å²) in [6, 6.07) is 0. The quantitative estimate of drug-likeness (QED) is 0.495. The van der Waals surface area contributed by atoms with Crippen LogP contribution < -0.4 is 5.32 Å². The summed E-state index contributed by atoms with van der Waals surface area (Å²) in [5.74, 6) is 0.557. The van der Waals surface area contributed by atoms with Crippen LogP contribution in [-0.2, 0) is 4.74 Å². The maximum absolute atomic E-state index is 10.1. The Kier molecular flexibility index (Phi) is 4.66. The summed E-state index contributed by atoms with van der Waals surface area (Å²) in [6.45, 7) is 2.44. The van der Waals surface area contributed by atoms with E-state index < -0.39 is 31.1 Å². The van der Waals surface area contributed by atoms with E-state index in [1.807, 2.05) is 0 Å². The first-order valence-corrected chi connectivity index (χ1v) is 7.59. The lowest BCUT2D eigenvalue weighted by molar-refractivity contribution is -0.0574. The lowest BCUT2D eigenvalue weighted by Gasteiger charge is -2.14. The molecule has 3 rings (SSSR count). The van der Waals surface area contributed by atoms with Crippen LogP contribution in [0.1, 0.15) is 26.0 Å². The zero-order chi connectivity index (χ0) is 16.4. The van der Waals surface area contributed by atoms with Crippen molar-refractivity contribution in [3.63, 3.8) is 0 Å². The molecule has 10 nitrogen and oxygen atoms in total. The Hall–Kier alpha value is -1.88. The second kappa shape index (κ2) is 6.71. The minimum absolute atomic E-state index is 0.383. The van der Waals surface area contributed by atoms with Crippen molar-refractivity contribution in [2.45, 2.75) is 44.3 Å². The summed E-state index contributed by atoms with van der Waals surface area (Å²) in [4.78, 5) is 8.29. The molecule has 23 heavy (non-hydrogen) atoms. The van der Waals surface area contributed by atoms with Crippen molar-refractivity contribution >= 4 is 17.0 Å². The fourth-order valence-electron chi connectivity index (χ4n) is 2.53. The maximum atomic E-state index is 10.1. The van der Waals surface area contributed by atoms with Gasteiger partial charge < -0.3 is 25.4 Å². The van der Waals surface area contributed by atoms with Crippen LogP contribution in [0.3, 0.4) is 0 Å². The fourth-order valence-corrected chi connectivity index (χ4v) is 2.53. The molecule has 0 saturated carbocycles. The summed E-state index contributed by atoms with van der Waals surface area (Å²) < 4.78 is 6.75. The second-order valence-corrected chi connectivity index (χ2v) is 5.44. The number of rotatable bonds is 6. The van der Waals surface area contributed by atoms with Crippen molar-refractivity contribution in [1.82, 2.24) is 25.0 Å². The molecule has 2 aromatic rings. The van der Waals surface area contributed by atoms with Crippen molar-refractivity contribution in [2.24, 2.45) is 0 Å². The van der Waals surface area contributed by atoms with Crippen molar-refractivity contribution in [2.75, 3.05) is 18.5 Å². The van der Waals surface area contributed by atoms with Gasteiger partial charge in [0.05, 0.1) is 6.61 Å². The number of aliphatic hydroxyl groups is 3. The van der Waals surface area contributed by atoms with Gasteiger partial charge in [0.1, 0.15) is 24.6 Å². The zero-order valence-corrected chi connectivity index (χ0v) is 12.7. The van der Waals surface area contributed by atoms with Gasteiger partial charge in [-0.15, -0.1) is 5.10 Å². The fraction of sp³-hybridized carbons (Fsp3) is 0.692. The lowest BCUT2D eigenvalue weighted by atomic mass is 10.1. The molecule has 1 aliphatic heterocycles. The standard InChI is InChI=1S/C13H20N6O4/c1-2-3-4-14-11-8-12(16-6-15-11)19(18-17-8)13-10(22)9(21)7(5-20)23-13/h6-7,9-10,13,20-22H,2-5H2,1H3,(H,14,15,16). The number of fused-ring (bicyclic) bond motifs is 1. The molecule has 0 radical (unpaired) electrons. The molecule has 3 heterocycles. The van der Waals surface area contributed by atoms with Crippen LogP contribution in [0.2, 0.25) is 0 Å². The van der Waals surface area contributed by atoms with Crippen LogP contribution in [0, 0.1) is 0 Å². The van der Waals surface area contributed by atoms with Crippen LogP contribution in [0.4, 0.5) is 5.82 Å². The third kappa shape index (κ3) is 2.85. The average Bonchev–Trinajstić information content (AvgIpc) is 3.11. The number of ether oxygens (including phenoxy) is 1. The van der Waals surface area contributed by atoms with Gasteiger partial charge in [-0.1, -0.05) is 18.6 Å². The zero-order valence-electron chi connectivity index (χ0n) is 12.7. The number of anilines is 1. The largest absolute Gasteiger partial charge is 0.394 e. The van der Waals surface area contributed by atoms with Crippen molar-refractivity contribution < 1.29 is 20.1 Å². The van der Waals surface area contributed by atoms with E-state index in [1.165, 1.54) is 11.0 Å². The van der Waals surface area contributed by atoms with Gasteiger partial charge in [0.15, 0.2) is 23.2 Å². The average molecular weight is 324 g/mol. The Morgan fingerprint density at radius 1 is 1.30 bits per heavy atom. The van der Waals surface area contributed by atoms with Gasteiger partial charge in [-0.2, -0.15) is 4.68 Å². The minimum atomic E-state index is -1.23. The molecule has 1 saturated heterocycles. The molecule has 0 aliphatic carbocycles. The first-order valence-electron chi connectivity index (χ1n) is 7.59. The van der Waals surface area contributed by atoms with E-state index in [2.05, 4.69) is 32.5 Å². The molecule has 0 bridgehead atoms. The van der Waals surface area contributed by atoms with Crippen LogP contribution in [0.25, 0.3) is 11.2 Å². The number of unbranched alkanes of at least 4 members (excludes halogenated alkanes) is 1. The van der Waals surface area contributed by atoms with E-state index in [1.54, 1.807) is 0 Å². The van der Waals surface area contributed by atoms with Crippen LogP contribution in [0.5, 0.6) is 0 Å². The minimum Gasteiger partial charge on any atom is -0.394 e. The summed E-state index contributed by atoms with van der Waals surface area (Å²) >= 11 is 0. The van der Waals surface area contributed by atoms with Gasteiger partial charge in [-0.05, 0) is 6.42 Å². The van der Waals surface area contributed by atoms with Gasteiger partial charge in [-0.25, -0.2) is 9.97 Å². The highest BCUT2D eigenvalue weighted by molar-refractivity contribution is 5.81. The number of aromatic nitrogens is 5. The van der Waals surface area contributed by atoms with E-state index in [0.717, 1.165) is 19.4 Å². The Balaban J connectivity index is 1.90. The Labute approximate surface area is 132 Å². The summed E-state index contributed by atoms with van der Waals surface area (Å²) in [5, 5.41) is 40.3. The molecule has 4 atom stereocenters. The predicted octanol–water partition coefficient (Wildman–Crippen LogP) is -0.955. The summed E-state index contributed by atoms with van der Waals surface area (Å²) in [5.41, 5.74) is 0.843. The summed E-state index contributed by atoms with van der Waals surface area (Å²) in [7, 11) is 0. The third-order valence-electron chi connectivity index (χ3n) is 3.84. The van der Waals surface area contributed by atoms with E-state index in [0.29, 0.717) is 17.0 Å². The molecular weight excluding hydrogens is 304 g/mol. The number of aliphatic hydroxyl groups excluding tert-OH is 3. The molecule has 2 aromatic heterocycles. The number of nitrogens with zero attached hydrogens (tertiary/aromatic N) is 5. The van der Waals surface area contributed by atoms with Gasteiger partial charge in [0, 0.05) is 6.54 Å². The Morgan fingerprint density at radius 2 is 2.13 bits per heavy atom. The topological polar surface area (TPSA) is 138 Å². The second-order valence-electron chi connectivity index (χ2n) is 5.44. The Bertz CT molecular complexity index is 665. The molecule has 4 N–H and O–H groups in total. The molecular formula is C13H20N6O4. The molecule has 1 fully saturated rings. The number of hydrogen-bond acceptors (Lipinski definition) is 9. The normalized spacial score (nSPS) is 27.7. The molecule has 10 heteroatoms. The van der Waals surface area contributed by atoms with E-state index in [4.69, 9.17) is 4.74 Å². The summed E-state index contributed by atoms with van der Waals surface area (Å²) in [6.07, 6.45) is -0.858. The molecule has 4 unspecified atom stereocenters. The maximum Gasteiger partial charge on any atom is 0.186 e. The van der Waals surface area contributed by atoms with E-state index >= 15 is 0 Å². The Morgan fingerprint density at radius 3 is 2.83 bits per heavy atom. The molecule has 1 aliphatic rings. The first-order chi connectivity index (χ1) is 11.2. The molecule has 0 amide bonds. The van der Waals surface area contributed by atoms with E-state index in [-0.39, 0.29) is 0 Å². The molecule has 126 valence electrons. The smallest absolute Gasteiger partial charge is 0.186 e. The van der Waals surface area contributed by atoms with Gasteiger partial charge >= 0.3 is 0 Å². The molecule has 0 aromatic carbocycles. The van der Waals surface area contributed by atoms with Crippen molar-refractivity contribution in [1.29, 1.82) is 0 Å². The van der Waals surface area contributed by atoms with Crippen LogP contribution >= 0.6 is 0 Å². The first kappa shape index (κ1) is 16.0. The number of nitrogens with one attached hydrogen (secondary N) is 1. The highest BCUT2D eigenvalue weighted by Crippen LogP contribution is 2.31. The van der Waals surface area contributed by atoms with Crippen molar-refractivity contribution in [3.05, 3.63) is 6.33 Å². The van der Waals surface area contributed by atoms with Gasteiger partial charge in [0.2, 0.25) is 0 Å². The van der Waals surface area contributed by atoms with Crippen LogP contribution in [-0.4, -0.2) is 71.7 Å². The predicted molar refractivity (Wildman–Crippen MR) is 79.5 cm³/mol. The van der Waals surface area contributed by atoms with Crippen molar-refractivity contribution in [3.8, 4) is 0 Å². The van der Waals surface area contributed by atoms with Gasteiger partial charge in [-0.3, -0.25) is 0 Å². The highest BCUT2D eigenvalue weighted by Gasteiger charge is 2.44. The van der Waals surface area contributed by atoms with E-state index in [9.17, 15) is 15.3 Å². The van der Waals surface area contributed by atoms with Crippen LogP contribution in [0.15, 0.2) is 6.33 Å². The SMILES string of the molecule is CCCCNc1ncnc2c1nnn2C1OC(CO)C(O)C1O. The lowest BCUT2D eigenvalue weighted by Crippen LogP contribution is -2.33.